The Morgan fingerprint density at radius 3 is 1.96 bits per heavy atom. The lowest BCUT2D eigenvalue weighted by molar-refractivity contribution is 0.0308. The Labute approximate surface area is 140 Å². The molecule has 124 valence electrons. The van der Waals surface area contributed by atoms with Crippen molar-refractivity contribution in [1.82, 2.24) is 4.90 Å². The molecule has 0 radical (unpaired) electrons. The molecule has 0 saturated heterocycles. The molecule has 2 aromatic carbocycles. The standard InChI is InChI=1S/C19H19NO4/c21-18-16-8-4-5-9-17(16)19(22)20(18)10-11-23-12-13-24-14-15-6-2-1-3-7-15/h1-9H,10-14H2. The lowest BCUT2D eigenvalue weighted by atomic mass is 10.1. The Kier molecular flexibility index (Phi) is 5.36. The Hall–Kier alpha value is -2.50. The zero-order chi connectivity index (χ0) is 16.8. The first-order valence-electron chi connectivity index (χ1n) is 7.92. The van der Waals surface area contributed by atoms with Gasteiger partial charge in [-0.3, -0.25) is 14.5 Å². The maximum absolute atomic E-state index is 12.2. The van der Waals surface area contributed by atoms with Crippen LogP contribution in [0.25, 0.3) is 0 Å². The fraction of sp³-hybridized carbons (Fsp3) is 0.263. The van der Waals surface area contributed by atoms with Gasteiger partial charge in [-0.1, -0.05) is 42.5 Å². The molecule has 0 aromatic heterocycles. The minimum Gasteiger partial charge on any atom is -0.377 e. The molecule has 0 fully saturated rings. The normalized spacial score (nSPS) is 13.4. The van der Waals surface area contributed by atoms with Gasteiger partial charge in [0.15, 0.2) is 0 Å². The molecule has 1 aliphatic heterocycles. The molecule has 0 saturated carbocycles. The first-order chi connectivity index (χ1) is 11.8. The maximum atomic E-state index is 12.2. The molecule has 1 heterocycles. The first-order valence-corrected chi connectivity index (χ1v) is 7.92. The van der Waals surface area contributed by atoms with E-state index in [1.165, 1.54) is 4.90 Å². The third-order valence-corrected chi connectivity index (χ3v) is 3.82. The van der Waals surface area contributed by atoms with E-state index in [1.807, 2.05) is 30.3 Å². The van der Waals surface area contributed by atoms with Gasteiger partial charge in [-0.15, -0.1) is 0 Å². The van der Waals surface area contributed by atoms with Gasteiger partial charge in [-0.25, -0.2) is 0 Å². The largest absolute Gasteiger partial charge is 0.377 e. The molecule has 5 heteroatoms. The number of benzene rings is 2. The van der Waals surface area contributed by atoms with Gasteiger partial charge >= 0.3 is 0 Å². The number of hydrogen-bond acceptors (Lipinski definition) is 4. The molecule has 0 unspecified atom stereocenters. The molecule has 2 aromatic rings. The van der Waals surface area contributed by atoms with Gasteiger partial charge in [-0.2, -0.15) is 0 Å². The fourth-order valence-corrected chi connectivity index (χ4v) is 2.58. The summed E-state index contributed by atoms with van der Waals surface area (Å²) in [4.78, 5) is 25.5. The van der Waals surface area contributed by atoms with Crippen molar-refractivity contribution in [3.8, 4) is 0 Å². The van der Waals surface area contributed by atoms with Crippen molar-refractivity contribution in [3.63, 3.8) is 0 Å². The van der Waals surface area contributed by atoms with Crippen LogP contribution in [0.5, 0.6) is 0 Å². The van der Waals surface area contributed by atoms with Gasteiger partial charge in [0.25, 0.3) is 11.8 Å². The lowest BCUT2D eigenvalue weighted by Gasteiger charge is -2.13. The number of carbonyl (C=O) groups is 2. The van der Waals surface area contributed by atoms with Crippen LogP contribution < -0.4 is 0 Å². The van der Waals surface area contributed by atoms with Gasteiger partial charge in [-0.05, 0) is 17.7 Å². The molecule has 1 aliphatic rings. The average Bonchev–Trinajstić information content (AvgIpc) is 2.87. The zero-order valence-corrected chi connectivity index (χ0v) is 13.3. The summed E-state index contributed by atoms with van der Waals surface area (Å²) in [5.74, 6) is -0.501. The van der Waals surface area contributed by atoms with Crippen LogP contribution in [0.1, 0.15) is 26.3 Å². The summed E-state index contributed by atoms with van der Waals surface area (Å²) in [6, 6.07) is 16.8. The number of rotatable bonds is 8. The maximum Gasteiger partial charge on any atom is 0.261 e. The molecule has 2 amide bonds. The van der Waals surface area contributed by atoms with E-state index in [2.05, 4.69) is 0 Å². The van der Waals surface area contributed by atoms with E-state index in [-0.39, 0.29) is 18.4 Å². The number of nitrogens with zero attached hydrogens (tertiary/aromatic N) is 1. The average molecular weight is 325 g/mol. The number of carbonyl (C=O) groups excluding carboxylic acids is 2. The molecule has 0 aliphatic carbocycles. The first kappa shape index (κ1) is 16.4. The summed E-state index contributed by atoms with van der Waals surface area (Å²) in [5.41, 5.74) is 2.05. The number of hydrogen-bond donors (Lipinski definition) is 0. The number of ether oxygens (including phenoxy) is 2. The highest BCUT2D eigenvalue weighted by Gasteiger charge is 2.34. The third-order valence-electron chi connectivity index (χ3n) is 3.82. The molecule has 3 rings (SSSR count). The summed E-state index contributed by atoms with van der Waals surface area (Å²) >= 11 is 0. The molecule has 0 atom stereocenters. The van der Waals surface area contributed by atoms with Crippen molar-refractivity contribution in [1.29, 1.82) is 0 Å². The summed E-state index contributed by atoms with van der Waals surface area (Å²) in [5, 5.41) is 0. The lowest BCUT2D eigenvalue weighted by Crippen LogP contribution is -2.33. The van der Waals surface area contributed by atoms with Crippen LogP contribution in [-0.2, 0) is 16.1 Å². The van der Waals surface area contributed by atoms with Crippen molar-refractivity contribution in [2.45, 2.75) is 6.61 Å². The van der Waals surface area contributed by atoms with E-state index in [0.29, 0.717) is 37.6 Å². The zero-order valence-electron chi connectivity index (χ0n) is 13.3. The van der Waals surface area contributed by atoms with Crippen molar-refractivity contribution in [2.24, 2.45) is 0 Å². The van der Waals surface area contributed by atoms with E-state index in [0.717, 1.165) is 5.56 Å². The Morgan fingerprint density at radius 2 is 1.29 bits per heavy atom. The highest BCUT2D eigenvalue weighted by atomic mass is 16.5. The number of fused-ring (bicyclic) bond motifs is 1. The Bertz CT molecular complexity index is 679. The molecular formula is C19H19NO4. The monoisotopic (exact) mass is 325 g/mol. The predicted octanol–water partition coefficient (Wildman–Crippen LogP) is 2.52. The van der Waals surface area contributed by atoms with Gasteiger partial charge in [0.05, 0.1) is 44.1 Å². The van der Waals surface area contributed by atoms with Crippen LogP contribution >= 0.6 is 0 Å². The molecule has 24 heavy (non-hydrogen) atoms. The van der Waals surface area contributed by atoms with E-state index in [9.17, 15) is 9.59 Å². The van der Waals surface area contributed by atoms with Crippen molar-refractivity contribution in [3.05, 3.63) is 71.3 Å². The SMILES string of the molecule is O=C1c2ccccc2C(=O)N1CCOCCOCc1ccccc1. The Balaban J connectivity index is 1.34. The minimum atomic E-state index is -0.250. The second-order valence-electron chi connectivity index (χ2n) is 5.46. The van der Waals surface area contributed by atoms with Crippen molar-refractivity contribution in [2.75, 3.05) is 26.4 Å². The fourth-order valence-electron chi connectivity index (χ4n) is 2.58. The van der Waals surface area contributed by atoms with Gasteiger partial charge < -0.3 is 9.47 Å². The quantitative estimate of drug-likeness (QED) is 0.553. The molecule has 0 spiro atoms. The van der Waals surface area contributed by atoms with E-state index in [1.54, 1.807) is 24.3 Å². The van der Waals surface area contributed by atoms with Crippen LogP contribution in [0.3, 0.4) is 0 Å². The van der Waals surface area contributed by atoms with Crippen LogP contribution in [0.2, 0.25) is 0 Å². The smallest absolute Gasteiger partial charge is 0.261 e. The van der Waals surface area contributed by atoms with Crippen LogP contribution in [-0.4, -0.2) is 43.1 Å². The summed E-state index contributed by atoms with van der Waals surface area (Å²) in [6.45, 7) is 2.00. The van der Waals surface area contributed by atoms with Crippen LogP contribution in [0.15, 0.2) is 54.6 Å². The molecule has 5 nitrogen and oxygen atoms in total. The van der Waals surface area contributed by atoms with Crippen molar-refractivity contribution < 1.29 is 19.1 Å². The van der Waals surface area contributed by atoms with Gasteiger partial charge in [0.1, 0.15) is 0 Å². The predicted molar refractivity (Wildman–Crippen MR) is 88.7 cm³/mol. The summed E-state index contributed by atoms with van der Waals surface area (Å²) in [6.07, 6.45) is 0. The van der Waals surface area contributed by atoms with E-state index < -0.39 is 0 Å². The number of imide groups is 1. The van der Waals surface area contributed by atoms with E-state index >= 15 is 0 Å². The molecule has 0 bridgehead atoms. The molecular weight excluding hydrogens is 306 g/mol. The van der Waals surface area contributed by atoms with Crippen LogP contribution in [0.4, 0.5) is 0 Å². The van der Waals surface area contributed by atoms with Gasteiger partial charge in [0.2, 0.25) is 0 Å². The molecule has 0 N–H and O–H groups in total. The second-order valence-corrected chi connectivity index (χ2v) is 5.46. The van der Waals surface area contributed by atoms with Crippen molar-refractivity contribution >= 4 is 11.8 Å². The minimum absolute atomic E-state index is 0.250. The van der Waals surface area contributed by atoms with Gasteiger partial charge in [0, 0.05) is 0 Å². The van der Waals surface area contributed by atoms with Crippen LogP contribution in [0, 0.1) is 0 Å². The Morgan fingerprint density at radius 1 is 0.708 bits per heavy atom. The van der Waals surface area contributed by atoms with E-state index in [4.69, 9.17) is 9.47 Å². The highest BCUT2D eigenvalue weighted by Crippen LogP contribution is 2.21. The summed E-state index contributed by atoms with van der Waals surface area (Å²) in [7, 11) is 0. The summed E-state index contributed by atoms with van der Waals surface area (Å²) < 4.78 is 11.0. The number of amides is 2. The second kappa shape index (κ2) is 7.86. The topological polar surface area (TPSA) is 55.8 Å². The highest BCUT2D eigenvalue weighted by molar-refractivity contribution is 6.21. The third kappa shape index (κ3) is 3.69.